The molecule has 0 bridgehead atoms. The summed E-state index contributed by atoms with van der Waals surface area (Å²) >= 11 is 0. The molecule has 4 aromatic rings. The van der Waals surface area contributed by atoms with Crippen molar-refractivity contribution in [2.75, 3.05) is 32.8 Å². The van der Waals surface area contributed by atoms with Crippen molar-refractivity contribution in [1.29, 1.82) is 0 Å². The van der Waals surface area contributed by atoms with Crippen molar-refractivity contribution in [3.63, 3.8) is 0 Å². The summed E-state index contributed by atoms with van der Waals surface area (Å²) in [7, 11) is -3.66. The Hall–Kier alpha value is -4.02. The lowest BCUT2D eigenvalue weighted by molar-refractivity contribution is 0.0698. The number of carbonyl (C=O) groups excluding carboxylic acids is 1. The molecule has 1 amide bonds. The molecule has 9 nitrogen and oxygen atoms in total. The van der Waals surface area contributed by atoms with Crippen LogP contribution in [0, 0.1) is 0 Å². The minimum absolute atomic E-state index is 0.186. The molecule has 3 aromatic carbocycles. The summed E-state index contributed by atoms with van der Waals surface area (Å²) < 4.78 is 34.3. The average molecular weight is 519 g/mol. The maximum Gasteiger partial charge on any atom is 0.265 e. The molecule has 10 heteroatoms. The van der Waals surface area contributed by atoms with Gasteiger partial charge in [-0.3, -0.25) is 14.2 Å². The number of para-hydroxylation sites is 1. The van der Waals surface area contributed by atoms with E-state index in [1.165, 1.54) is 27.3 Å². The summed E-state index contributed by atoms with van der Waals surface area (Å²) in [6.07, 6.45) is 1.48. The first-order chi connectivity index (χ1) is 17.9. The third-order valence-electron chi connectivity index (χ3n) is 6.36. The molecule has 0 aliphatic carbocycles. The van der Waals surface area contributed by atoms with Crippen LogP contribution in [0.1, 0.15) is 17.3 Å². The quantitative estimate of drug-likeness (QED) is 0.389. The number of benzene rings is 3. The Labute approximate surface area is 214 Å². The standard InChI is InChI=1S/C27H26N4O5S/c1-2-36-22-11-13-23(14-12-22)37(34,35)30-17-15-29(16-18-30)26(32)20-7-9-21(10-8-20)31-19-28-25-6-4-3-5-24(25)27(31)33/h3-14,19H,2,15-18H2,1H3. The molecule has 1 saturated heterocycles. The predicted octanol–water partition coefficient (Wildman–Crippen LogP) is 2.93. The van der Waals surface area contributed by atoms with Gasteiger partial charge in [-0.1, -0.05) is 12.1 Å². The number of piperazine rings is 1. The lowest BCUT2D eigenvalue weighted by atomic mass is 10.1. The van der Waals surface area contributed by atoms with Crippen molar-refractivity contribution in [2.24, 2.45) is 0 Å². The third-order valence-corrected chi connectivity index (χ3v) is 8.27. The summed E-state index contributed by atoms with van der Waals surface area (Å²) in [5, 5.41) is 0.517. The SMILES string of the molecule is CCOc1ccc(S(=O)(=O)N2CCN(C(=O)c3ccc(-n4cnc5ccccc5c4=O)cc3)CC2)cc1. The van der Waals surface area contributed by atoms with Crippen LogP contribution in [0.5, 0.6) is 5.75 Å². The second-order valence-electron chi connectivity index (χ2n) is 8.58. The van der Waals surface area contributed by atoms with E-state index in [0.29, 0.717) is 34.5 Å². The minimum Gasteiger partial charge on any atom is -0.494 e. The molecule has 1 fully saturated rings. The normalized spacial score (nSPS) is 14.6. The molecule has 2 heterocycles. The van der Waals surface area contributed by atoms with E-state index in [9.17, 15) is 18.0 Å². The van der Waals surface area contributed by atoms with Crippen LogP contribution in [-0.2, 0) is 10.0 Å². The Kier molecular flexibility index (Phi) is 6.77. The summed E-state index contributed by atoms with van der Waals surface area (Å²) in [4.78, 5) is 32.1. The van der Waals surface area contributed by atoms with Crippen LogP contribution in [0.15, 0.2) is 88.8 Å². The molecule has 1 aliphatic heterocycles. The number of ether oxygens (including phenoxy) is 1. The predicted molar refractivity (Wildman–Crippen MR) is 140 cm³/mol. The number of aromatic nitrogens is 2. The highest BCUT2D eigenvalue weighted by Gasteiger charge is 2.30. The van der Waals surface area contributed by atoms with Crippen LogP contribution in [-0.4, -0.2) is 65.9 Å². The van der Waals surface area contributed by atoms with Gasteiger partial charge in [-0.15, -0.1) is 0 Å². The highest BCUT2D eigenvalue weighted by molar-refractivity contribution is 7.89. The van der Waals surface area contributed by atoms with Crippen molar-refractivity contribution in [3.8, 4) is 11.4 Å². The van der Waals surface area contributed by atoms with Gasteiger partial charge in [0.25, 0.3) is 11.5 Å². The molecule has 1 aliphatic rings. The third kappa shape index (κ3) is 4.85. The average Bonchev–Trinajstić information content (AvgIpc) is 2.94. The lowest BCUT2D eigenvalue weighted by Crippen LogP contribution is -2.50. The number of amides is 1. The van der Waals surface area contributed by atoms with Gasteiger partial charge in [0.15, 0.2) is 0 Å². The van der Waals surface area contributed by atoms with E-state index in [4.69, 9.17) is 4.74 Å². The van der Waals surface area contributed by atoms with Crippen LogP contribution in [0.2, 0.25) is 0 Å². The molecular formula is C27H26N4O5S. The Balaban J connectivity index is 1.26. The monoisotopic (exact) mass is 518 g/mol. The van der Waals surface area contributed by atoms with E-state index in [2.05, 4.69) is 4.98 Å². The van der Waals surface area contributed by atoms with E-state index in [1.54, 1.807) is 59.5 Å². The molecule has 190 valence electrons. The summed E-state index contributed by atoms with van der Waals surface area (Å²) in [5.41, 5.74) is 1.51. The maximum atomic E-state index is 13.1. The van der Waals surface area contributed by atoms with Gasteiger partial charge >= 0.3 is 0 Å². The van der Waals surface area contributed by atoms with E-state index < -0.39 is 10.0 Å². The molecule has 0 N–H and O–H groups in total. The number of nitrogens with zero attached hydrogens (tertiary/aromatic N) is 4. The van der Waals surface area contributed by atoms with Gasteiger partial charge in [0.2, 0.25) is 10.0 Å². The van der Waals surface area contributed by atoms with E-state index in [-0.39, 0.29) is 42.5 Å². The van der Waals surface area contributed by atoms with E-state index in [1.807, 2.05) is 13.0 Å². The molecule has 5 rings (SSSR count). The summed E-state index contributed by atoms with van der Waals surface area (Å²) in [6.45, 7) is 3.35. The molecule has 37 heavy (non-hydrogen) atoms. The molecule has 0 unspecified atom stereocenters. The van der Waals surface area contributed by atoms with Crippen molar-refractivity contribution >= 4 is 26.8 Å². The molecule has 1 aromatic heterocycles. The van der Waals surface area contributed by atoms with Gasteiger partial charge in [0, 0.05) is 31.7 Å². The largest absolute Gasteiger partial charge is 0.494 e. The fraction of sp³-hybridized carbons (Fsp3) is 0.222. The fourth-order valence-corrected chi connectivity index (χ4v) is 5.78. The smallest absolute Gasteiger partial charge is 0.265 e. The Morgan fingerprint density at radius 3 is 2.27 bits per heavy atom. The molecular weight excluding hydrogens is 492 g/mol. The number of hydrogen-bond acceptors (Lipinski definition) is 6. The van der Waals surface area contributed by atoms with E-state index >= 15 is 0 Å². The van der Waals surface area contributed by atoms with Crippen LogP contribution in [0.25, 0.3) is 16.6 Å². The van der Waals surface area contributed by atoms with E-state index in [0.717, 1.165) is 0 Å². The van der Waals surface area contributed by atoms with Crippen molar-refractivity contribution < 1.29 is 17.9 Å². The van der Waals surface area contributed by atoms with Crippen molar-refractivity contribution in [2.45, 2.75) is 11.8 Å². The maximum absolute atomic E-state index is 13.1. The van der Waals surface area contributed by atoms with Gasteiger partial charge in [0.05, 0.1) is 28.1 Å². The molecule has 0 radical (unpaired) electrons. The summed E-state index contributed by atoms with van der Waals surface area (Å²) in [6, 6.07) is 20.2. The number of sulfonamides is 1. The Bertz CT molecular complexity index is 1590. The van der Waals surface area contributed by atoms with Crippen LogP contribution in [0.4, 0.5) is 0 Å². The Morgan fingerprint density at radius 2 is 1.59 bits per heavy atom. The topological polar surface area (TPSA) is 102 Å². The Morgan fingerprint density at radius 1 is 0.919 bits per heavy atom. The second-order valence-corrected chi connectivity index (χ2v) is 10.5. The zero-order valence-electron chi connectivity index (χ0n) is 20.3. The number of hydrogen-bond donors (Lipinski definition) is 0. The van der Waals surface area contributed by atoms with Gasteiger partial charge in [0.1, 0.15) is 12.1 Å². The second kappa shape index (κ2) is 10.2. The number of fused-ring (bicyclic) bond motifs is 1. The van der Waals surface area contributed by atoms with Crippen molar-refractivity contribution in [1.82, 2.24) is 18.8 Å². The highest BCUT2D eigenvalue weighted by Crippen LogP contribution is 2.22. The van der Waals surface area contributed by atoms with Crippen LogP contribution < -0.4 is 10.3 Å². The van der Waals surface area contributed by atoms with Gasteiger partial charge in [-0.05, 0) is 67.6 Å². The number of rotatable bonds is 6. The van der Waals surface area contributed by atoms with Gasteiger partial charge in [-0.2, -0.15) is 4.31 Å². The fourth-order valence-electron chi connectivity index (χ4n) is 4.36. The molecule has 0 saturated carbocycles. The highest BCUT2D eigenvalue weighted by atomic mass is 32.2. The van der Waals surface area contributed by atoms with Gasteiger partial charge in [-0.25, -0.2) is 13.4 Å². The minimum atomic E-state index is -3.66. The van der Waals surface area contributed by atoms with Gasteiger partial charge < -0.3 is 9.64 Å². The van der Waals surface area contributed by atoms with Crippen LogP contribution in [0.3, 0.4) is 0 Å². The van der Waals surface area contributed by atoms with Crippen molar-refractivity contribution in [3.05, 3.63) is 95.0 Å². The molecule has 0 atom stereocenters. The lowest BCUT2D eigenvalue weighted by Gasteiger charge is -2.34. The zero-order valence-corrected chi connectivity index (χ0v) is 21.1. The number of carbonyl (C=O) groups is 1. The summed E-state index contributed by atoms with van der Waals surface area (Å²) in [5.74, 6) is 0.429. The first kappa shape index (κ1) is 24.7. The molecule has 0 spiro atoms. The first-order valence-corrected chi connectivity index (χ1v) is 13.4. The first-order valence-electron chi connectivity index (χ1n) is 12.0. The zero-order chi connectivity index (χ0) is 26.0. The van der Waals surface area contributed by atoms with Crippen LogP contribution >= 0.6 is 0 Å².